The van der Waals surface area contributed by atoms with E-state index in [1.54, 1.807) is 7.05 Å². The highest BCUT2D eigenvalue weighted by molar-refractivity contribution is 5.75. The van der Waals surface area contributed by atoms with Crippen LogP contribution in [0.4, 0.5) is 0 Å². The maximum absolute atomic E-state index is 13.3. The third-order valence-corrected chi connectivity index (χ3v) is 6.16. The van der Waals surface area contributed by atoms with E-state index in [4.69, 9.17) is 4.98 Å². The number of hydrogen-bond acceptors (Lipinski definition) is 3. The number of benzene rings is 1. The Morgan fingerprint density at radius 1 is 1.13 bits per heavy atom. The summed E-state index contributed by atoms with van der Waals surface area (Å²) >= 11 is 0. The van der Waals surface area contributed by atoms with Crippen molar-refractivity contribution in [2.45, 2.75) is 45.2 Å². The number of nitrogens with zero attached hydrogens (tertiary/aromatic N) is 5. The molecule has 1 aromatic carbocycles. The van der Waals surface area contributed by atoms with Gasteiger partial charge in [0.2, 0.25) is 5.78 Å². The van der Waals surface area contributed by atoms with E-state index in [2.05, 4.69) is 11.5 Å². The zero-order chi connectivity index (χ0) is 20.8. The highest BCUT2D eigenvalue weighted by Crippen LogP contribution is 2.32. The Balaban J connectivity index is 1.65. The summed E-state index contributed by atoms with van der Waals surface area (Å²) < 4.78 is 6.85. The summed E-state index contributed by atoms with van der Waals surface area (Å²) in [5.41, 5.74) is 2.36. The SMILES string of the molecule is Cc1cn2c3c(=O)n(CC=Cc4ccccc4)c(=O)n(C)c3nc2n1C1CCCC1. The van der Waals surface area contributed by atoms with Gasteiger partial charge in [0, 0.05) is 31.5 Å². The van der Waals surface area contributed by atoms with E-state index >= 15 is 0 Å². The van der Waals surface area contributed by atoms with Gasteiger partial charge >= 0.3 is 5.69 Å². The van der Waals surface area contributed by atoms with Crippen molar-refractivity contribution in [1.82, 2.24) is 23.1 Å². The van der Waals surface area contributed by atoms with Crippen molar-refractivity contribution < 1.29 is 0 Å². The predicted molar refractivity (Wildman–Crippen MR) is 118 cm³/mol. The van der Waals surface area contributed by atoms with Crippen LogP contribution in [-0.2, 0) is 13.6 Å². The Morgan fingerprint density at radius 3 is 2.60 bits per heavy atom. The molecule has 0 radical (unpaired) electrons. The summed E-state index contributed by atoms with van der Waals surface area (Å²) in [5, 5.41) is 0. The summed E-state index contributed by atoms with van der Waals surface area (Å²) in [6.45, 7) is 2.27. The zero-order valence-electron chi connectivity index (χ0n) is 17.3. The molecular formula is C23H25N5O2. The first-order valence-corrected chi connectivity index (χ1v) is 10.5. The van der Waals surface area contributed by atoms with Gasteiger partial charge in [-0.3, -0.25) is 18.3 Å². The summed E-state index contributed by atoms with van der Waals surface area (Å²) in [6, 6.07) is 10.2. The van der Waals surface area contributed by atoms with Gasteiger partial charge in [-0.1, -0.05) is 55.3 Å². The van der Waals surface area contributed by atoms with Gasteiger partial charge in [0.15, 0.2) is 11.2 Å². The Morgan fingerprint density at radius 2 is 1.87 bits per heavy atom. The molecular weight excluding hydrogens is 378 g/mol. The molecule has 30 heavy (non-hydrogen) atoms. The maximum Gasteiger partial charge on any atom is 0.332 e. The van der Waals surface area contributed by atoms with Crippen molar-refractivity contribution in [3.63, 3.8) is 0 Å². The molecule has 0 atom stereocenters. The summed E-state index contributed by atoms with van der Waals surface area (Å²) in [7, 11) is 1.68. The van der Waals surface area contributed by atoms with E-state index in [1.807, 2.05) is 53.1 Å². The van der Waals surface area contributed by atoms with Gasteiger partial charge in [0.05, 0.1) is 0 Å². The van der Waals surface area contributed by atoms with Crippen molar-refractivity contribution in [3.05, 3.63) is 74.7 Å². The number of aryl methyl sites for hydroxylation is 2. The lowest BCUT2D eigenvalue weighted by atomic mass is 10.2. The van der Waals surface area contributed by atoms with E-state index in [-0.39, 0.29) is 17.8 Å². The topological polar surface area (TPSA) is 66.2 Å². The summed E-state index contributed by atoms with van der Waals surface area (Å²) in [5.74, 6) is 0.749. The fourth-order valence-electron chi connectivity index (χ4n) is 4.66. The number of fused-ring (bicyclic) bond motifs is 3. The first-order valence-electron chi connectivity index (χ1n) is 10.5. The molecule has 3 aromatic heterocycles. The molecule has 154 valence electrons. The van der Waals surface area contributed by atoms with Crippen LogP contribution in [0.1, 0.15) is 43.0 Å². The fraction of sp³-hybridized carbons (Fsp3) is 0.348. The Bertz CT molecular complexity index is 1380. The quantitative estimate of drug-likeness (QED) is 0.525. The monoisotopic (exact) mass is 403 g/mol. The van der Waals surface area contributed by atoms with Crippen LogP contribution in [0, 0.1) is 6.92 Å². The molecule has 0 spiro atoms. The molecule has 0 N–H and O–H groups in total. The van der Waals surface area contributed by atoms with Gasteiger partial charge < -0.3 is 4.57 Å². The maximum atomic E-state index is 13.3. The largest absolute Gasteiger partial charge is 0.332 e. The Kier molecular flexibility index (Phi) is 4.46. The second-order valence-electron chi connectivity index (χ2n) is 8.10. The van der Waals surface area contributed by atoms with Crippen LogP contribution >= 0.6 is 0 Å². The third-order valence-electron chi connectivity index (χ3n) is 6.16. The molecule has 1 fully saturated rings. The van der Waals surface area contributed by atoms with Crippen molar-refractivity contribution in [2.24, 2.45) is 7.05 Å². The van der Waals surface area contributed by atoms with Gasteiger partial charge in [0.1, 0.15) is 0 Å². The summed E-state index contributed by atoms with van der Waals surface area (Å²) in [4.78, 5) is 30.9. The van der Waals surface area contributed by atoms with E-state index in [9.17, 15) is 9.59 Å². The molecule has 3 heterocycles. The number of hydrogen-bond donors (Lipinski definition) is 0. The highest BCUT2D eigenvalue weighted by atomic mass is 16.2. The van der Waals surface area contributed by atoms with Crippen LogP contribution in [0.25, 0.3) is 23.0 Å². The molecule has 5 rings (SSSR count). The predicted octanol–water partition coefficient (Wildman–Crippen LogP) is 3.29. The molecule has 0 unspecified atom stereocenters. The average molecular weight is 403 g/mol. The van der Waals surface area contributed by atoms with Gasteiger partial charge in [-0.05, 0) is 25.3 Å². The van der Waals surface area contributed by atoms with E-state index < -0.39 is 0 Å². The molecule has 0 amide bonds. The molecule has 1 aliphatic carbocycles. The second-order valence-corrected chi connectivity index (χ2v) is 8.10. The van der Waals surface area contributed by atoms with Crippen LogP contribution in [-0.4, -0.2) is 23.1 Å². The number of allylic oxidation sites excluding steroid dienone is 1. The molecule has 0 bridgehead atoms. The van der Waals surface area contributed by atoms with Crippen LogP contribution in [0.15, 0.2) is 52.2 Å². The average Bonchev–Trinajstić information content (AvgIpc) is 3.45. The lowest BCUT2D eigenvalue weighted by Crippen LogP contribution is -2.39. The van der Waals surface area contributed by atoms with Crippen molar-refractivity contribution >= 4 is 23.0 Å². The highest BCUT2D eigenvalue weighted by Gasteiger charge is 2.25. The van der Waals surface area contributed by atoms with Crippen molar-refractivity contribution in [1.29, 1.82) is 0 Å². The zero-order valence-corrected chi connectivity index (χ0v) is 17.3. The van der Waals surface area contributed by atoms with Crippen molar-refractivity contribution in [3.8, 4) is 0 Å². The fourth-order valence-corrected chi connectivity index (χ4v) is 4.66. The van der Waals surface area contributed by atoms with Gasteiger partial charge in [-0.2, -0.15) is 4.98 Å². The molecule has 1 saturated carbocycles. The van der Waals surface area contributed by atoms with E-state index in [1.165, 1.54) is 22.0 Å². The smallest absolute Gasteiger partial charge is 0.311 e. The van der Waals surface area contributed by atoms with E-state index in [0.29, 0.717) is 17.2 Å². The van der Waals surface area contributed by atoms with Gasteiger partial charge in [0.25, 0.3) is 5.56 Å². The number of imidazole rings is 2. The summed E-state index contributed by atoms with van der Waals surface area (Å²) in [6.07, 6.45) is 10.4. The lowest BCUT2D eigenvalue weighted by Gasteiger charge is -2.13. The number of aromatic nitrogens is 5. The molecule has 7 heteroatoms. The Hall–Kier alpha value is -3.35. The van der Waals surface area contributed by atoms with Gasteiger partial charge in [-0.15, -0.1) is 0 Å². The number of rotatable bonds is 4. The minimum absolute atomic E-state index is 0.214. The first kappa shape index (κ1) is 18.7. The first-order chi connectivity index (χ1) is 14.6. The van der Waals surface area contributed by atoms with Crippen LogP contribution in [0.3, 0.4) is 0 Å². The van der Waals surface area contributed by atoms with Crippen LogP contribution < -0.4 is 11.2 Å². The standard InChI is InChI=1S/C23H25N5O2/c1-16-15-27-19-20(24-22(27)28(16)18-12-6-7-13-18)25(2)23(30)26(21(19)29)14-8-11-17-9-4-3-5-10-17/h3-5,8-11,15,18H,6-7,12-14H2,1-2H3. The molecule has 0 saturated heterocycles. The minimum Gasteiger partial charge on any atom is -0.311 e. The van der Waals surface area contributed by atoms with Crippen molar-refractivity contribution in [2.75, 3.05) is 0 Å². The van der Waals surface area contributed by atoms with Crippen LogP contribution in [0.2, 0.25) is 0 Å². The van der Waals surface area contributed by atoms with E-state index in [0.717, 1.165) is 29.9 Å². The second kappa shape index (κ2) is 7.16. The third kappa shape index (κ3) is 2.84. The lowest BCUT2D eigenvalue weighted by molar-refractivity contribution is 0.520. The molecule has 0 aliphatic heterocycles. The normalized spacial score (nSPS) is 15.3. The van der Waals surface area contributed by atoms with Gasteiger partial charge in [-0.25, -0.2) is 4.79 Å². The molecule has 4 aromatic rings. The van der Waals surface area contributed by atoms with Crippen LogP contribution in [0.5, 0.6) is 0 Å². The molecule has 1 aliphatic rings. The molecule has 7 nitrogen and oxygen atoms in total. The minimum atomic E-state index is -0.352. The Labute approximate surface area is 173 Å².